The minimum atomic E-state index is -4.03. The fourth-order valence-corrected chi connectivity index (χ4v) is 3.40. The second-order valence-corrected chi connectivity index (χ2v) is 6.44. The van der Waals surface area contributed by atoms with Gasteiger partial charge in [-0.2, -0.15) is 0 Å². The zero-order chi connectivity index (χ0) is 11.6. The largest absolute Gasteiger partial charge is 0.331 e. The Kier molecular flexibility index (Phi) is 4.83. The molecule has 0 saturated heterocycles. The number of hydrogen-bond donors (Lipinski definition) is 2. The summed E-state index contributed by atoms with van der Waals surface area (Å²) < 4.78 is 11.5. The number of rotatable bonds is 5. The first-order valence-corrected chi connectivity index (χ1v) is 6.88. The van der Waals surface area contributed by atoms with Gasteiger partial charge in [0.25, 0.3) is 0 Å². The van der Waals surface area contributed by atoms with Crippen molar-refractivity contribution < 1.29 is 14.4 Å². The summed E-state index contributed by atoms with van der Waals surface area (Å²) in [4.78, 5) is 18.9. The van der Waals surface area contributed by atoms with Gasteiger partial charge in [0.2, 0.25) is 0 Å². The normalized spacial score (nSPS) is 21.4. The highest BCUT2D eigenvalue weighted by molar-refractivity contribution is 7.53. The van der Waals surface area contributed by atoms with Crippen LogP contribution in [0.4, 0.5) is 0 Å². The molecule has 3 nitrogen and oxygen atoms in total. The summed E-state index contributed by atoms with van der Waals surface area (Å²) in [7, 11) is -4.03. The molecule has 4 heteroatoms. The van der Waals surface area contributed by atoms with Gasteiger partial charge in [0.15, 0.2) is 0 Å². The minimum Gasteiger partial charge on any atom is -0.324 e. The van der Waals surface area contributed by atoms with Gasteiger partial charge in [-0.25, -0.2) is 0 Å². The Hall–Kier alpha value is 0.150. The minimum absolute atomic E-state index is 0.0401. The molecule has 0 spiro atoms. The molecule has 0 saturated carbocycles. The Labute approximate surface area is 87.1 Å². The van der Waals surface area contributed by atoms with E-state index in [1.807, 2.05) is 27.7 Å². The predicted octanol–water partition coefficient (Wildman–Crippen LogP) is 3.02. The molecule has 86 valence electrons. The molecule has 0 aliphatic rings. The number of hydrogen-bond acceptors (Lipinski definition) is 1. The fraction of sp³-hybridized carbons (Fsp3) is 1.00. The standard InChI is InChI=1S/C10H23O3P/c1-6-8(3)10(5,9(4)7-2)14(11,12)13/h8-9H,6-7H2,1-5H3,(H2,11,12,13). The van der Waals surface area contributed by atoms with E-state index in [9.17, 15) is 14.4 Å². The third-order valence-electron chi connectivity index (χ3n) is 3.85. The molecule has 0 aliphatic heterocycles. The summed E-state index contributed by atoms with van der Waals surface area (Å²) in [5, 5.41) is -0.878. The molecule has 2 atom stereocenters. The lowest BCUT2D eigenvalue weighted by Gasteiger charge is -2.40. The van der Waals surface area contributed by atoms with E-state index in [0.29, 0.717) is 0 Å². The first-order valence-electron chi connectivity index (χ1n) is 5.27. The second kappa shape index (κ2) is 4.78. The Morgan fingerprint density at radius 3 is 1.57 bits per heavy atom. The SMILES string of the molecule is CCC(C)C(C)(C(C)CC)P(=O)(O)O. The maximum absolute atomic E-state index is 11.5. The molecular weight excluding hydrogens is 199 g/mol. The molecule has 0 amide bonds. The Morgan fingerprint density at radius 1 is 1.14 bits per heavy atom. The highest BCUT2D eigenvalue weighted by atomic mass is 31.2. The van der Waals surface area contributed by atoms with Crippen LogP contribution >= 0.6 is 7.60 Å². The molecule has 0 rings (SSSR count). The maximum atomic E-state index is 11.5. The summed E-state index contributed by atoms with van der Waals surface area (Å²) in [5.74, 6) is 0.0802. The summed E-state index contributed by atoms with van der Waals surface area (Å²) in [6, 6.07) is 0. The van der Waals surface area contributed by atoms with Crippen molar-refractivity contribution in [1.29, 1.82) is 0 Å². The zero-order valence-corrected chi connectivity index (χ0v) is 10.7. The van der Waals surface area contributed by atoms with Crippen LogP contribution in [0.15, 0.2) is 0 Å². The molecule has 0 heterocycles. The molecule has 0 aliphatic carbocycles. The molecule has 2 unspecified atom stereocenters. The van der Waals surface area contributed by atoms with Gasteiger partial charge in [0, 0.05) is 0 Å². The Balaban J connectivity index is 5.16. The van der Waals surface area contributed by atoms with Crippen LogP contribution in [-0.4, -0.2) is 14.9 Å². The van der Waals surface area contributed by atoms with Crippen molar-refractivity contribution in [3.8, 4) is 0 Å². The van der Waals surface area contributed by atoms with Gasteiger partial charge >= 0.3 is 7.60 Å². The highest BCUT2D eigenvalue weighted by Gasteiger charge is 2.49. The van der Waals surface area contributed by atoms with Crippen LogP contribution in [-0.2, 0) is 4.57 Å². The van der Waals surface area contributed by atoms with Gasteiger partial charge < -0.3 is 9.79 Å². The van der Waals surface area contributed by atoms with Crippen molar-refractivity contribution in [2.24, 2.45) is 11.8 Å². The molecule has 0 aromatic rings. The van der Waals surface area contributed by atoms with E-state index >= 15 is 0 Å². The Bertz CT molecular complexity index is 211. The molecule has 0 aromatic carbocycles. The van der Waals surface area contributed by atoms with Crippen LogP contribution in [0.2, 0.25) is 0 Å². The fourth-order valence-electron chi connectivity index (χ4n) is 1.89. The average Bonchev–Trinajstić information content (AvgIpc) is 2.12. The van der Waals surface area contributed by atoms with Crippen LogP contribution < -0.4 is 0 Å². The van der Waals surface area contributed by atoms with Crippen LogP contribution in [0, 0.1) is 11.8 Å². The quantitative estimate of drug-likeness (QED) is 0.703. The van der Waals surface area contributed by atoms with Crippen molar-refractivity contribution in [3.05, 3.63) is 0 Å². The summed E-state index contributed by atoms with van der Waals surface area (Å²) in [6.45, 7) is 9.51. The summed E-state index contributed by atoms with van der Waals surface area (Å²) in [5.41, 5.74) is 0. The molecule has 2 N–H and O–H groups in total. The van der Waals surface area contributed by atoms with Gasteiger partial charge in [0.1, 0.15) is 0 Å². The third-order valence-corrected chi connectivity index (χ3v) is 5.98. The molecular formula is C10H23O3P. The first-order chi connectivity index (χ1) is 6.21. The molecule has 0 aromatic heterocycles. The van der Waals surface area contributed by atoms with E-state index in [1.54, 1.807) is 6.92 Å². The molecule has 14 heavy (non-hydrogen) atoms. The van der Waals surface area contributed by atoms with Gasteiger partial charge in [0.05, 0.1) is 5.16 Å². The third kappa shape index (κ3) is 2.39. The van der Waals surface area contributed by atoms with Crippen LogP contribution in [0.1, 0.15) is 47.5 Å². The van der Waals surface area contributed by atoms with Crippen molar-refractivity contribution in [1.82, 2.24) is 0 Å². The van der Waals surface area contributed by atoms with Crippen LogP contribution in [0.3, 0.4) is 0 Å². The second-order valence-electron chi connectivity index (χ2n) is 4.39. The van der Waals surface area contributed by atoms with Crippen molar-refractivity contribution in [2.75, 3.05) is 0 Å². The average molecular weight is 222 g/mol. The van der Waals surface area contributed by atoms with Crippen molar-refractivity contribution in [2.45, 2.75) is 52.6 Å². The monoisotopic (exact) mass is 222 g/mol. The molecule has 0 bridgehead atoms. The lowest BCUT2D eigenvalue weighted by Crippen LogP contribution is -2.39. The molecule has 0 radical (unpaired) electrons. The van der Waals surface area contributed by atoms with E-state index in [-0.39, 0.29) is 11.8 Å². The van der Waals surface area contributed by atoms with Gasteiger partial charge in [-0.15, -0.1) is 0 Å². The maximum Gasteiger partial charge on any atom is 0.331 e. The van der Waals surface area contributed by atoms with Crippen LogP contribution in [0.5, 0.6) is 0 Å². The van der Waals surface area contributed by atoms with Gasteiger partial charge in [-0.3, -0.25) is 4.57 Å². The van der Waals surface area contributed by atoms with E-state index in [2.05, 4.69) is 0 Å². The Morgan fingerprint density at radius 2 is 1.43 bits per heavy atom. The van der Waals surface area contributed by atoms with Crippen molar-refractivity contribution >= 4 is 7.60 Å². The van der Waals surface area contributed by atoms with E-state index in [0.717, 1.165) is 12.8 Å². The topological polar surface area (TPSA) is 57.5 Å². The summed E-state index contributed by atoms with van der Waals surface area (Å²) >= 11 is 0. The molecule has 0 fully saturated rings. The summed E-state index contributed by atoms with van der Waals surface area (Å²) in [6.07, 6.45) is 1.60. The predicted molar refractivity (Wildman–Crippen MR) is 59.4 cm³/mol. The van der Waals surface area contributed by atoms with Gasteiger partial charge in [-0.1, -0.05) is 40.5 Å². The highest BCUT2D eigenvalue weighted by Crippen LogP contribution is 2.59. The van der Waals surface area contributed by atoms with E-state index in [4.69, 9.17) is 0 Å². The zero-order valence-electron chi connectivity index (χ0n) is 9.82. The van der Waals surface area contributed by atoms with E-state index in [1.165, 1.54) is 0 Å². The van der Waals surface area contributed by atoms with Crippen LogP contribution in [0.25, 0.3) is 0 Å². The first kappa shape index (κ1) is 14.2. The smallest absolute Gasteiger partial charge is 0.324 e. The van der Waals surface area contributed by atoms with Gasteiger partial charge in [-0.05, 0) is 18.8 Å². The lowest BCUT2D eigenvalue weighted by atomic mass is 9.81. The van der Waals surface area contributed by atoms with Crippen molar-refractivity contribution in [3.63, 3.8) is 0 Å². The lowest BCUT2D eigenvalue weighted by molar-refractivity contribution is 0.226. The van der Waals surface area contributed by atoms with E-state index < -0.39 is 12.8 Å².